The van der Waals surface area contributed by atoms with Crippen molar-refractivity contribution in [1.82, 2.24) is 20.2 Å². The van der Waals surface area contributed by atoms with Crippen LogP contribution in [-0.2, 0) is 22.6 Å². The number of fused-ring (bicyclic) bond motifs is 1. The van der Waals surface area contributed by atoms with E-state index in [2.05, 4.69) is 88.8 Å². The summed E-state index contributed by atoms with van der Waals surface area (Å²) >= 11 is 0. The Labute approximate surface area is 298 Å². The highest BCUT2D eigenvalue weighted by molar-refractivity contribution is 5.93. The Morgan fingerprint density at radius 1 is 0.843 bits per heavy atom. The van der Waals surface area contributed by atoms with Gasteiger partial charge in [0, 0.05) is 31.1 Å². The molecule has 1 aliphatic heterocycles. The molecule has 0 saturated carbocycles. The first kappa shape index (κ1) is 34.2. The van der Waals surface area contributed by atoms with Crippen LogP contribution in [0.3, 0.4) is 0 Å². The summed E-state index contributed by atoms with van der Waals surface area (Å²) in [6, 6.07) is 42.6. The maximum atomic E-state index is 13.0. The minimum absolute atomic E-state index is 0.00329. The smallest absolute Gasteiger partial charge is 0.271 e. The number of amides is 1. The maximum absolute atomic E-state index is 13.0. The number of nitrogens with zero attached hydrogens (tertiary/aromatic N) is 3. The Bertz CT molecular complexity index is 2070. The van der Waals surface area contributed by atoms with E-state index in [0.717, 1.165) is 45.4 Å². The van der Waals surface area contributed by atoms with Crippen LogP contribution in [0.2, 0.25) is 0 Å². The number of aliphatic hydroxyl groups is 1. The number of carbonyl (C=O) groups excluding carboxylic acids is 1. The third-order valence-corrected chi connectivity index (χ3v) is 9.68. The highest BCUT2D eigenvalue weighted by Crippen LogP contribution is 2.39. The molecule has 2 heterocycles. The second-order valence-corrected chi connectivity index (χ2v) is 13.1. The Morgan fingerprint density at radius 3 is 2.29 bits per heavy atom. The van der Waals surface area contributed by atoms with Crippen LogP contribution in [0, 0.1) is 0 Å². The minimum Gasteiger partial charge on any atom is -0.392 e. The van der Waals surface area contributed by atoms with Crippen LogP contribution < -0.4 is 5.32 Å². The fourth-order valence-electron chi connectivity index (χ4n) is 6.61. The van der Waals surface area contributed by atoms with Crippen LogP contribution in [-0.4, -0.2) is 45.6 Å². The van der Waals surface area contributed by atoms with Gasteiger partial charge in [0.15, 0.2) is 6.29 Å². The molecule has 1 fully saturated rings. The van der Waals surface area contributed by atoms with E-state index in [1.807, 2.05) is 72.8 Å². The molecule has 258 valence electrons. The molecule has 1 amide bonds. The van der Waals surface area contributed by atoms with Crippen LogP contribution in [0.1, 0.15) is 70.1 Å². The van der Waals surface area contributed by atoms with Crippen molar-refractivity contribution in [3.05, 3.63) is 167 Å². The predicted octanol–water partition coefficient (Wildman–Crippen LogP) is 7.96. The van der Waals surface area contributed by atoms with Crippen molar-refractivity contribution in [3.63, 3.8) is 0 Å². The quantitative estimate of drug-likeness (QED) is 0.144. The van der Waals surface area contributed by atoms with Crippen LogP contribution in [0.15, 0.2) is 134 Å². The van der Waals surface area contributed by atoms with Crippen LogP contribution in [0.5, 0.6) is 0 Å². The number of carbonyl (C=O) groups is 1. The number of hydrogen-bond acceptors (Lipinski definition) is 7. The van der Waals surface area contributed by atoms with E-state index in [1.165, 1.54) is 11.8 Å². The number of hydrogen-bond donors (Lipinski definition) is 2. The Morgan fingerprint density at radius 2 is 1.53 bits per heavy atom. The molecule has 0 aliphatic carbocycles. The lowest BCUT2D eigenvalue weighted by molar-refractivity contribution is -0.253. The molecule has 0 radical (unpaired) electrons. The lowest BCUT2D eigenvalue weighted by Gasteiger charge is -2.39. The number of benzene rings is 5. The predicted molar refractivity (Wildman–Crippen MR) is 198 cm³/mol. The van der Waals surface area contributed by atoms with Crippen LogP contribution >= 0.6 is 0 Å². The summed E-state index contributed by atoms with van der Waals surface area (Å²) in [6.07, 6.45) is 1.43. The van der Waals surface area contributed by atoms with Gasteiger partial charge in [-0.15, -0.1) is 0 Å². The average molecular weight is 679 g/mol. The first-order valence-electron chi connectivity index (χ1n) is 17.4. The van der Waals surface area contributed by atoms with Gasteiger partial charge in [-0.3, -0.25) is 14.7 Å². The largest absolute Gasteiger partial charge is 0.392 e. The topological polar surface area (TPSA) is 96.8 Å². The summed E-state index contributed by atoms with van der Waals surface area (Å²) in [5.41, 5.74) is 8.87. The van der Waals surface area contributed by atoms with Crippen molar-refractivity contribution in [2.24, 2.45) is 0 Å². The minimum atomic E-state index is -0.557. The van der Waals surface area contributed by atoms with Crippen molar-refractivity contribution in [2.45, 2.75) is 51.0 Å². The van der Waals surface area contributed by atoms with Crippen molar-refractivity contribution >= 4 is 16.9 Å². The number of ether oxygens (including phenoxy) is 2. The van der Waals surface area contributed by atoms with Gasteiger partial charge in [-0.2, -0.15) is 0 Å². The number of para-hydroxylation sites is 2. The lowest BCUT2D eigenvalue weighted by atomic mass is 9.97. The van der Waals surface area contributed by atoms with Crippen LogP contribution in [0.4, 0.5) is 0 Å². The molecule has 7 rings (SSSR count). The molecular weight excluding hydrogens is 636 g/mol. The first-order chi connectivity index (χ1) is 24.9. The maximum Gasteiger partial charge on any atom is 0.271 e. The number of likely N-dealkylation sites (N-methyl/N-ethyl adjacent to an activating group) is 1. The van der Waals surface area contributed by atoms with E-state index in [4.69, 9.17) is 9.47 Å². The summed E-state index contributed by atoms with van der Waals surface area (Å²) in [5, 5.41) is 12.6. The SMILES string of the molecule is C[C@@H](c1ccccc1)N(C)C[C@@H]1C[C@H](c2ccc(CO)cc2)O[C@H](c2ccc(-c3ccccc3CNC(=O)c3cnc4ccccc4n3)cc2)O1. The molecule has 0 bridgehead atoms. The molecule has 1 saturated heterocycles. The number of aliphatic hydroxyl groups excluding tert-OH is 1. The van der Waals surface area contributed by atoms with Gasteiger partial charge < -0.3 is 19.9 Å². The van der Waals surface area contributed by atoms with E-state index in [-0.39, 0.29) is 36.5 Å². The molecule has 0 spiro atoms. The van der Waals surface area contributed by atoms with Crippen LogP contribution in [0.25, 0.3) is 22.2 Å². The van der Waals surface area contributed by atoms with Gasteiger partial charge in [0.2, 0.25) is 0 Å². The summed E-state index contributed by atoms with van der Waals surface area (Å²) in [5.74, 6) is -0.274. The standard InChI is InChI=1S/C43H42N4O4/c1-29(31-10-4-3-5-11-31)47(2)27-36-24-41(33-18-16-30(28-48)17-19-33)51-43(50-36)34-22-20-32(21-23-34)37-13-7-6-12-35(37)25-45-42(49)40-26-44-38-14-8-9-15-39(38)46-40/h3-23,26,29,36,41,43,48H,24-25,27-28H2,1-2H3,(H,45,49)/t29-,36-,41+,43+/m0/s1. The third kappa shape index (κ3) is 8.06. The molecule has 4 atom stereocenters. The molecule has 2 N–H and O–H groups in total. The van der Waals surface area contributed by atoms with Gasteiger partial charge in [-0.05, 0) is 59.5 Å². The van der Waals surface area contributed by atoms with E-state index in [1.54, 1.807) is 0 Å². The number of aromatic nitrogens is 2. The van der Waals surface area contributed by atoms with Gasteiger partial charge in [0.25, 0.3) is 5.91 Å². The Balaban J connectivity index is 1.07. The van der Waals surface area contributed by atoms with E-state index < -0.39 is 6.29 Å². The van der Waals surface area contributed by atoms with Crippen molar-refractivity contribution < 1.29 is 19.4 Å². The zero-order valence-electron chi connectivity index (χ0n) is 28.9. The van der Waals surface area contributed by atoms with E-state index >= 15 is 0 Å². The van der Waals surface area contributed by atoms with E-state index in [9.17, 15) is 9.90 Å². The normalized spacial score (nSPS) is 18.1. The van der Waals surface area contributed by atoms with E-state index in [0.29, 0.717) is 18.5 Å². The molecule has 1 aliphatic rings. The zero-order valence-corrected chi connectivity index (χ0v) is 28.9. The highest BCUT2D eigenvalue weighted by Gasteiger charge is 2.33. The monoisotopic (exact) mass is 678 g/mol. The summed E-state index contributed by atoms with van der Waals surface area (Å²) < 4.78 is 13.3. The summed E-state index contributed by atoms with van der Waals surface area (Å²) in [7, 11) is 2.14. The van der Waals surface area contributed by atoms with Gasteiger partial charge in [0.1, 0.15) is 5.69 Å². The Kier molecular flexibility index (Phi) is 10.6. The second-order valence-electron chi connectivity index (χ2n) is 13.1. The number of rotatable bonds is 11. The summed E-state index contributed by atoms with van der Waals surface area (Å²) in [4.78, 5) is 24.2. The first-order valence-corrected chi connectivity index (χ1v) is 17.4. The van der Waals surface area contributed by atoms with Crippen molar-refractivity contribution in [3.8, 4) is 11.1 Å². The van der Waals surface area contributed by atoms with Gasteiger partial charge in [-0.25, -0.2) is 4.98 Å². The fourth-order valence-corrected chi connectivity index (χ4v) is 6.61. The molecular formula is C43H42N4O4. The van der Waals surface area contributed by atoms with Gasteiger partial charge >= 0.3 is 0 Å². The molecule has 6 aromatic rings. The molecule has 8 heteroatoms. The van der Waals surface area contributed by atoms with Gasteiger partial charge in [0.05, 0.1) is 36.0 Å². The third-order valence-electron chi connectivity index (χ3n) is 9.68. The second kappa shape index (κ2) is 15.7. The fraction of sp³-hybridized carbons (Fsp3) is 0.233. The Hall–Kier alpha value is -5.25. The summed E-state index contributed by atoms with van der Waals surface area (Å²) in [6.45, 7) is 3.30. The molecule has 5 aromatic carbocycles. The molecule has 0 unspecified atom stereocenters. The van der Waals surface area contributed by atoms with Crippen molar-refractivity contribution in [1.29, 1.82) is 0 Å². The molecule has 8 nitrogen and oxygen atoms in total. The van der Waals surface area contributed by atoms with Gasteiger partial charge in [-0.1, -0.05) is 115 Å². The number of nitrogens with one attached hydrogen (secondary N) is 1. The van der Waals surface area contributed by atoms with Crippen molar-refractivity contribution in [2.75, 3.05) is 13.6 Å². The molecule has 1 aromatic heterocycles. The zero-order chi connectivity index (χ0) is 35.2. The molecule has 51 heavy (non-hydrogen) atoms. The average Bonchev–Trinajstić information content (AvgIpc) is 3.19. The highest BCUT2D eigenvalue weighted by atomic mass is 16.7. The lowest BCUT2D eigenvalue weighted by Crippen LogP contribution is -2.38.